The summed E-state index contributed by atoms with van der Waals surface area (Å²) in [5.74, 6) is -0.647. The van der Waals surface area contributed by atoms with Gasteiger partial charge < -0.3 is 11.1 Å². The van der Waals surface area contributed by atoms with Crippen LogP contribution in [0.15, 0.2) is 30.6 Å². The number of aryl methyl sites for hydroxylation is 1. The van der Waals surface area contributed by atoms with Gasteiger partial charge in [0.15, 0.2) is 5.82 Å². The Morgan fingerprint density at radius 1 is 1.34 bits per heavy atom. The number of anilines is 1. The fraction of sp³-hybridized carbons (Fsp3) is 0.222. The van der Waals surface area contributed by atoms with Crippen LogP contribution in [-0.4, -0.2) is 31.5 Å². The summed E-state index contributed by atoms with van der Waals surface area (Å²) in [6.07, 6.45) is 4.02. The molecule has 10 nitrogen and oxygen atoms in total. The van der Waals surface area contributed by atoms with Crippen molar-refractivity contribution in [2.45, 2.75) is 25.8 Å². The number of nitrogens with one attached hydrogen (secondary N) is 1. The van der Waals surface area contributed by atoms with E-state index in [4.69, 9.17) is 5.73 Å². The Kier molecular flexibility index (Phi) is 4.80. The quantitative estimate of drug-likeness (QED) is 0.468. The fourth-order valence-electron chi connectivity index (χ4n) is 3.33. The highest BCUT2D eigenvalue weighted by Crippen LogP contribution is 2.38. The maximum atomic E-state index is 12.4. The molecule has 0 saturated carbocycles. The number of hydrogen-bond acceptors (Lipinski definition) is 7. The molecule has 0 aliphatic heterocycles. The van der Waals surface area contributed by atoms with Crippen molar-refractivity contribution >= 4 is 33.8 Å². The molecule has 0 fully saturated rings. The van der Waals surface area contributed by atoms with E-state index in [1.807, 2.05) is 0 Å². The predicted octanol–water partition coefficient (Wildman–Crippen LogP) is 2.14. The van der Waals surface area contributed by atoms with Crippen LogP contribution in [0.25, 0.3) is 11.4 Å². The molecule has 3 aromatic rings. The fourth-order valence-corrected chi connectivity index (χ4v) is 4.64. The van der Waals surface area contributed by atoms with E-state index in [2.05, 4.69) is 15.4 Å². The van der Waals surface area contributed by atoms with Gasteiger partial charge in [-0.25, -0.2) is 9.67 Å². The number of carbonyl (C=O) groups is 2. The summed E-state index contributed by atoms with van der Waals surface area (Å²) in [6, 6.07) is 5.94. The first-order valence-electron chi connectivity index (χ1n) is 8.81. The largest absolute Gasteiger partial charge is 0.365 e. The predicted molar refractivity (Wildman–Crippen MR) is 106 cm³/mol. The summed E-state index contributed by atoms with van der Waals surface area (Å²) in [5.41, 5.74) is 7.24. The summed E-state index contributed by atoms with van der Waals surface area (Å²) < 4.78 is 1.33. The first kappa shape index (κ1) is 18.7. The topological polar surface area (TPSA) is 146 Å². The molecule has 0 saturated heterocycles. The number of non-ortho nitro benzene ring substituents is 1. The number of rotatable bonds is 6. The summed E-state index contributed by atoms with van der Waals surface area (Å²) in [6.45, 7) is -0.122. The van der Waals surface area contributed by atoms with E-state index in [0.29, 0.717) is 16.1 Å². The number of carbonyl (C=O) groups excluding carboxylic acids is 2. The number of amides is 2. The average Bonchev–Trinajstić information content (AvgIpc) is 3.37. The summed E-state index contributed by atoms with van der Waals surface area (Å²) in [5, 5.41) is 18.3. The van der Waals surface area contributed by atoms with Gasteiger partial charge in [0.2, 0.25) is 5.91 Å². The Labute approximate surface area is 168 Å². The summed E-state index contributed by atoms with van der Waals surface area (Å²) in [4.78, 5) is 39.9. The molecule has 1 aliphatic carbocycles. The number of nitrogens with two attached hydrogens (primary N) is 1. The minimum Gasteiger partial charge on any atom is -0.365 e. The van der Waals surface area contributed by atoms with E-state index in [1.54, 1.807) is 12.1 Å². The lowest BCUT2D eigenvalue weighted by molar-refractivity contribution is -0.384. The molecule has 0 unspecified atom stereocenters. The second kappa shape index (κ2) is 7.43. The van der Waals surface area contributed by atoms with E-state index >= 15 is 0 Å². The molecule has 0 radical (unpaired) electrons. The van der Waals surface area contributed by atoms with E-state index in [0.717, 1.165) is 29.7 Å². The third-order valence-electron chi connectivity index (χ3n) is 4.58. The SMILES string of the molecule is NC(=O)c1c(NC(=O)Cn2cnc(-c3cccc([N+](=O)[O-])c3)n2)sc2c1CCC2. The summed E-state index contributed by atoms with van der Waals surface area (Å²) in [7, 11) is 0. The molecule has 2 amide bonds. The van der Waals surface area contributed by atoms with Gasteiger partial charge in [-0.05, 0) is 24.8 Å². The second-order valence-corrected chi connectivity index (χ2v) is 7.65. The van der Waals surface area contributed by atoms with Crippen molar-refractivity contribution in [2.75, 3.05) is 5.32 Å². The van der Waals surface area contributed by atoms with Gasteiger partial charge in [-0.3, -0.25) is 19.7 Å². The van der Waals surface area contributed by atoms with Crippen LogP contribution in [0, 0.1) is 10.1 Å². The van der Waals surface area contributed by atoms with Crippen molar-refractivity contribution in [2.24, 2.45) is 5.73 Å². The lowest BCUT2D eigenvalue weighted by atomic mass is 10.1. The second-order valence-electron chi connectivity index (χ2n) is 6.55. The molecule has 0 bridgehead atoms. The number of primary amides is 1. The molecular weight excluding hydrogens is 396 g/mol. The molecule has 1 aromatic carbocycles. The Morgan fingerprint density at radius 2 is 2.17 bits per heavy atom. The number of benzene rings is 1. The van der Waals surface area contributed by atoms with Crippen molar-refractivity contribution in [1.29, 1.82) is 0 Å². The molecule has 3 N–H and O–H groups in total. The van der Waals surface area contributed by atoms with Crippen molar-refractivity contribution in [3.05, 3.63) is 56.7 Å². The third-order valence-corrected chi connectivity index (χ3v) is 5.79. The van der Waals surface area contributed by atoms with Gasteiger partial charge in [0.1, 0.15) is 17.9 Å². The zero-order valence-corrected chi connectivity index (χ0v) is 15.9. The highest BCUT2D eigenvalue weighted by atomic mass is 32.1. The lowest BCUT2D eigenvalue weighted by Crippen LogP contribution is -2.21. The molecule has 29 heavy (non-hydrogen) atoms. The standard InChI is InChI=1S/C18H16N6O4S/c19-16(26)15-12-5-2-6-13(12)29-18(15)21-14(25)8-23-9-20-17(22-23)10-3-1-4-11(7-10)24(27)28/h1,3-4,7,9H,2,5-6,8H2,(H2,19,26)(H,21,25). The monoisotopic (exact) mass is 412 g/mol. The van der Waals surface area contributed by atoms with Crippen LogP contribution in [0.2, 0.25) is 0 Å². The van der Waals surface area contributed by atoms with Crippen molar-refractivity contribution in [1.82, 2.24) is 14.8 Å². The number of nitro benzene ring substituents is 1. The van der Waals surface area contributed by atoms with Crippen LogP contribution in [0.5, 0.6) is 0 Å². The molecule has 2 aromatic heterocycles. The highest BCUT2D eigenvalue weighted by Gasteiger charge is 2.26. The van der Waals surface area contributed by atoms with Gasteiger partial charge >= 0.3 is 0 Å². The van der Waals surface area contributed by atoms with Gasteiger partial charge in [0, 0.05) is 22.6 Å². The van der Waals surface area contributed by atoms with Crippen LogP contribution >= 0.6 is 11.3 Å². The van der Waals surface area contributed by atoms with Gasteiger partial charge in [0.05, 0.1) is 10.5 Å². The van der Waals surface area contributed by atoms with Crippen LogP contribution in [0.1, 0.15) is 27.2 Å². The van der Waals surface area contributed by atoms with Crippen LogP contribution in [0.3, 0.4) is 0 Å². The average molecular weight is 412 g/mol. The van der Waals surface area contributed by atoms with Gasteiger partial charge in [0.25, 0.3) is 11.6 Å². The highest BCUT2D eigenvalue weighted by molar-refractivity contribution is 7.17. The Morgan fingerprint density at radius 3 is 2.93 bits per heavy atom. The minimum atomic E-state index is -0.548. The molecule has 0 atom stereocenters. The Hall–Kier alpha value is -3.60. The van der Waals surface area contributed by atoms with Crippen molar-refractivity contribution in [3.8, 4) is 11.4 Å². The molecule has 148 valence electrons. The molecule has 1 aliphatic rings. The summed E-state index contributed by atoms with van der Waals surface area (Å²) >= 11 is 1.38. The Bertz CT molecular complexity index is 1140. The first-order chi connectivity index (χ1) is 13.9. The maximum Gasteiger partial charge on any atom is 0.270 e. The lowest BCUT2D eigenvalue weighted by Gasteiger charge is -2.06. The number of nitro groups is 1. The van der Waals surface area contributed by atoms with Crippen LogP contribution in [-0.2, 0) is 24.2 Å². The van der Waals surface area contributed by atoms with Crippen molar-refractivity contribution in [3.63, 3.8) is 0 Å². The van der Waals surface area contributed by atoms with Crippen molar-refractivity contribution < 1.29 is 14.5 Å². The van der Waals surface area contributed by atoms with E-state index in [1.165, 1.54) is 34.5 Å². The minimum absolute atomic E-state index is 0.0682. The number of hydrogen-bond donors (Lipinski definition) is 2. The number of thiophene rings is 1. The third kappa shape index (κ3) is 3.72. The smallest absolute Gasteiger partial charge is 0.270 e. The van der Waals surface area contributed by atoms with E-state index < -0.39 is 10.8 Å². The first-order valence-corrected chi connectivity index (χ1v) is 9.62. The maximum absolute atomic E-state index is 12.4. The van der Waals surface area contributed by atoms with Crippen LogP contribution in [0.4, 0.5) is 10.7 Å². The molecule has 4 rings (SSSR count). The Balaban J connectivity index is 1.49. The van der Waals surface area contributed by atoms with E-state index in [9.17, 15) is 19.7 Å². The molecule has 2 heterocycles. The number of nitrogens with zero attached hydrogens (tertiary/aromatic N) is 4. The zero-order valence-electron chi connectivity index (χ0n) is 15.1. The van der Waals surface area contributed by atoms with Crippen LogP contribution < -0.4 is 11.1 Å². The molecular formula is C18H16N6O4S. The molecule has 0 spiro atoms. The number of aromatic nitrogens is 3. The van der Waals surface area contributed by atoms with Gasteiger partial charge in [-0.15, -0.1) is 11.3 Å². The number of fused-ring (bicyclic) bond motifs is 1. The zero-order chi connectivity index (χ0) is 20.5. The van der Waals surface area contributed by atoms with Gasteiger partial charge in [-0.2, -0.15) is 5.10 Å². The molecule has 11 heteroatoms. The normalized spacial score (nSPS) is 12.6. The van der Waals surface area contributed by atoms with Gasteiger partial charge in [-0.1, -0.05) is 12.1 Å². The van der Waals surface area contributed by atoms with E-state index in [-0.39, 0.29) is 24.0 Å².